The highest BCUT2D eigenvalue weighted by atomic mass is 32.1. The van der Waals surface area contributed by atoms with E-state index in [0.29, 0.717) is 0 Å². The monoisotopic (exact) mass is 219 g/mol. The number of thiophene rings is 1. The summed E-state index contributed by atoms with van der Waals surface area (Å²) in [5.74, 6) is 0. The lowest BCUT2D eigenvalue weighted by Gasteiger charge is -2.07. The summed E-state index contributed by atoms with van der Waals surface area (Å²) in [4.78, 5) is 3.76. The smallest absolute Gasteiger partial charge is 0.0345 e. The Morgan fingerprint density at radius 2 is 2.00 bits per heavy atom. The van der Waals surface area contributed by atoms with E-state index in [9.17, 15) is 0 Å². The molecule has 1 aromatic heterocycles. The standard InChI is InChI=1S/C13H17NS/c1-14(2)9-5-7-12-10-11-6-3-4-8-13(11)15-12/h3-4,6,8,10H,5,7,9H2,1-2H3. The second kappa shape index (κ2) is 4.77. The zero-order valence-electron chi connectivity index (χ0n) is 9.36. The van der Waals surface area contributed by atoms with E-state index in [2.05, 4.69) is 49.3 Å². The minimum atomic E-state index is 1.17. The van der Waals surface area contributed by atoms with Crippen molar-refractivity contribution in [3.63, 3.8) is 0 Å². The van der Waals surface area contributed by atoms with Crippen LogP contribution in [0.1, 0.15) is 11.3 Å². The Bertz CT molecular complexity index is 398. The highest BCUT2D eigenvalue weighted by molar-refractivity contribution is 7.19. The summed E-state index contributed by atoms with van der Waals surface area (Å²) in [5, 5.41) is 1.39. The van der Waals surface area contributed by atoms with Crippen LogP contribution in [0.2, 0.25) is 0 Å². The van der Waals surface area contributed by atoms with Gasteiger partial charge in [-0.1, -0.05) is 18.2 Å². The van der Waals surface area contributed by atoms with Crippen LogP contribution in [0.25, 0.3) is 10.1 Å². The molecule has 1 nitrogen and oxygen atoms in total. The second-order valence-corrected chi connectivity index (χ2v) is 5.33. The van der Waals surface area contributed by atoms with Gasteiger partial charge in [0.15, 0.2) is 0 Å². The van der Waals surface area contributed by atoms with Gasteiger partial charge in [0.2, 0.25) is 0 Å². The van der Waals surface area contributed by atoms with Gasteiger partial charge in [0.25, 0.3) is 0 Å². The molecule has 0 amide bonds. The number of aryl methyl sites for hydroxylation is 1. The van der Waals surface area contributed by atoms with E-state index in [1.807, 2.05) is 11.3 Å². The summed E-state index contributed by atoms with van der Waals surface area (Å²) in [7, 11) is 4.26. The fourth-order valence-corrected chi connectivity index (χ4v) is 2.84. The summed E-state index contributed by atoms with van der Waals surface area (Å²) in [6, 6.07) is 11.0. The zero-order valence-corrected chi connectivity index (χ0v) is 10.2. The molecule has 1 heterocycles. The van der Waals surface area contributed by atoms with E-state index in [1.54, 1.807) is 0 Å². The maximum absolute atomic E-state index is 2.33. The van der Waals surface area contributed by atoms with Gasteiger partial charge in [-0.2, -0.15) is 0 Å². The van der Waals surface area contributed by atoms with Crippen molar-refractivity contribution in [3.05, 3.63) is 35.2 Å². The summed E-state index contributed by atoms with van der Waals surface area (Å²) in [5.41, 5.74) is 0. The number of benzene rings is 1. The molecule has 0 spiro atoms. The molecule has 0 aliphatic rings. The van der Waals surface area contributed by atoms with E-state index in [1.165, 1.54) is 34.3 Å². The quantitative estimate of drug-likeness (QED) is 0.762. The molecule has 0 N–H and O–H groups in total. The number of nitrogens with zero attached hydrogens (tertiary/aromatic N) is 1. The number of hydrogen-bond acceptors (Lipinski definition) is 2. The Balaban J connectivity index is 2.03. The fourth-order valence-electron chi connectivity index (χ4n) is 1.73. The van der Waals surface area contributed by atoms with Gasteiger partial charge in [-0.05, 0) is 51.0 Å². The Hall–Kier alpha value is -0.860. The Morgan fingerprint density at radius 1 is 1.20 bits per heavy atom. The predicted molar refractivity (Wildman–Crippen MR) is 68.7 cm³/mol. The lowest BCUT2D eigenvalue weighted by Crippen LogP contribution is -2.13. The van der Waals surface area contributed by atoms with Crippen molar-refractivity contribution >= 4 is 21.4 Å². The van der Waals surface area contributed by atoms with Gasteiger partial charge >= 0.3 is 0 Å². The molecular formula is C13H17NS. The third-order valence-electron chi connectivity index (χ3n) is 2.51. The van der Waals surface area contributed by atoms with Crippen molar-refractivity contribution in [2.45, 2.75) is 12.8 Å². The largest absolute Gasteiger partial charge is 0.309 e. The minimum absolute atomic E-state index is 1.17. The highest BCUT2D eigenvalue weighted by Gasteiger charge is 2.00. The molecule has 0 saturated heterocycles. The number of fused-ring (bicyclic) bond motifs is 1. The predicted octanol–water partition coefficient (Wildman–Crippen LogP) is 3.40. The average molecular weight is 219 g/mol. The molecule has 2 aromatic rings. The first kappa shape index (κ1) is 10.7. The lowest BCUT2D eigenvalue weighted by molar-refractivity contribution is 0.401. The Morgan fingerprint density at radius 3 is 2.73 bits per heavy atom. The summed E-state index contributed by atoms with van der Waals surface area (Å²) >= 11 is 1.93. The van der Waals surface area contributed by atoms with Crippen LogP contribution in [0.4, 0.5) is 0 Å². The van der Waals surface area contributed by atoms with E-state index in [0.717, 1.165) is 0 Å². The average Bonchev–Trinajstić information content (AvgIpc) is 2.59. The van der Waals surface area contributed by atoms with Crippen molar-refractivity contribution in [1.29, 1.82) is 0 Å². The van der Waals surface area contributed by atoms with Crippen LogP contribution >= 0.6 is 11.3 Å². The molecule has 0 aliphatic heterocycles. The number of rotatable bonds is 4. The van der Waals surface area contributed by atoms with Crippen molar-refractivity contribution in [2.24, 2.45) is 0 Å². The SMILES string of the molecule is CN(C)CCCc1cc2ccccc2s1. The van der Waals surface area contributed by atoms with E-state index in [4.69, 9.17) is 0 Å². The molecule has 80 valence electrons. The maximum Gasteiger partial charge on any atom is 0.0345 e. The van der Waals surface area contributed by atoms with Crippen molar-refractivity contribution in [1.82, 2.24) is 4.90 Å². The Labute approximate surface area is 95.3 Å². The first-order valence-corrected chi connectivity index (χ1v) is 6.19. The van der Waals surface area contributed by atoms with Crippen molar-refractivity contribution in [2.75, 3.05) is 20.6 Å². The zero-order chi connectivity index (χ0) is 10.7. The number of hydrogen-bond donors (Lipinski definition) is 0. The molecule has 0 radical (unpaired) electrons. The van der Waals surface area contributed by atoms with Gasteiger partial charge in [-0.15, -0.1) is 11.3 Å². The minimum Gasteiger partial charge on any atom is -0.309 e. The molecule has 0 bridgehead atoms. The van der Waals surface area contributed by atoms with Crippen molar-refractivity contribution < 1.29 is 0 Å². The Kier molecular flexibility index (Phi) is 3.39. The van der Waals surface area contributed by atoms with E-state index >= 15 is 0 Å². The molecule has 0 saturated carbocycles. The highest BCUT2D eigenvalue weighted by Crippen LogP contribution is 2.25. The van der Waals surface area contributed by atoms with Crippen LogP contribution in [0.3, 0.4) is 0 Å². The van der Waals surface area contributed by atoms with E-state index < -0.39 is 0 Å². The third-order valence-corrected chi connectivity index (χ3v) is 3.68. The van der Waals surface area contributed by atoms with Gasteiger partial charge in [0.05, 0.1) is 0 Å². The normalized spacial score (nSPS) is 11.4. The maximum atomic E-state index is 2.33. The van der Waals surface area contributed by atoms with Crippen LogP contribution < -0.4 is 0 Å². The topological polar surface area (TPSA) is 3.24 Å². The van der Waals surface area contributed by atoms with Crippen LogP contribution in [-0.2, 0) is 6.42 Å². The molecule has 0 atom stereocenters. The van der Waals surface area contributed by atoms with Crippen molar-refractivity contribution in [3.8, 4) is 0 Å². The van der Waals surface area contributed by atoms with Gasteiger partial charge in [0, 0.05) is 9.58 Å². The van der Waals surface area contributed by atoms with Crippen LogP contribution in [0.15, 0.2) is 30.3 Å². The first-order chi connectivity index (χ1) is 7.25. The second-order valence-electron chi connectivity index (χ2n) is 4.16. The van der Waals surface area contributed by atoms with Crippen LogP contribution in [0, 0.1) is 0 Å². The molecule has 0 fully saturated rings. The van der Waals surface area contributed by atoms with Crippen LogP contribution in [-0.4, -0.2) is 25.5 Å². The third kappa shape index (κ3) is 2.80. The first-order valence-electron chi connectivity index (χ1n) is 5.38. The molecule has 1 aromatic carbocycles. The molecule has 0 unspecified atom stereocenters. The lowest BCUT2D eigenvalue weighted by atomic mass is 10.2. The molecule has 2 rings (SSSR count). The molecule has 0 aliphatic carbocycles. The summed E-state index contributed by atoms with van der Waals surface area (Å²) in [6.45, 7) is 1.17. The summed E-state index contributed by atoms with van der Waals surface area (Å²) < 4.78 is 1.41. The van der Waals surface area contributed by atoms with Gasteiger partial charge in [0.1, 0.15) is 0 Å². The summed E-state index contributed by atoms with van der Waals surface area (Å²) in [6.07, 6.45) is 2.46. The molecular weight excluding hydrogens is 202 g/mol. The van der Waals surface area contributed by atoms with Gasteiger partial charge in [-0.3, -0.25) is 0 Å². The van der Waals surface area contributed by atoms with E-state index in [-0.39, 0.29) is 0 Å². The van der Waals surface area contributed by atoms with Crippen LogP contribution in [0.5, 0.6) is 0 Å². The van der Waals surface area contributed by atoms with Gasteiger partial charge < -0.3 is 4.90 Å². The molecule has 15 heavy (non-hydrogen) atoms. The van der Waals surface area contributed by atoms with Gasteiger partial charge in [-0.25, -0.2) is 0 Å². The molecule has 2 heteroatoms. The fraction of sp³-hybridized carbons (Fsp3) is 0.385.